The van der Waals surface area contributed by atoms with Crippen LogP contribution in [0.4, 0.5) is 5.82 Å². The van der Waals surface area contributed by atoms with E-state index in [1.54, 1.807) is 18.5 Å². The van der Waals surface area contributed by atoms with Crippen LogP contribution in [0.25, 0.3) is 0 Å². The second-order valence-electron chi connectivity index (χ2n) is 3.53. The molecule has 0 unspecified atom stereocenters. The molecule has 0 N–H and O–H groups in total. The Balaban J connectivity index is 2.12. The maximum Gasteiger partial charge on any atom is 0.131 e. The van der Waals surface area contributed by atoms with Crippen LogP contribution >= 0.6 is 11.6 Å². The molecule has 0 aliphatic carbocycles. The first-order valence-electron chi connectivity index (χ1n) is 4.98. The fourth-order valence-corrected chi connectivity index (χ4v) is 1.61. The van der Waals surface area contributed by atoms with Crippen molar-refractivity contribution in [2.45, 2.75) is 6.54 Å². The first-order valence-corrected chi connectivity index (χ1v) is 5.36. The summed E-state index contributed by atoms with van der Waals surface area (Å²) in [6, 6.07) is 9.58. The van der Waals surface area contributed by atoms with E-state index in [0.29, 0.717) is 5.15 Å². The molecular weight excluding hydrogens is 222 g/mol. The standard InChI is InChI=1S/C12H12ClN3/c1-16(9-10-5-7-14-8-6-10)12-4-2-3-11(13)15-12/h2-8H,9H2,1H3. The summed E-state index contributed by atoms with van der Waals surface area (Å²) in [5.74, 6) is 0.865. The van der Waals surface area contributed by atoms with Crippen LogP contribution in [-0.2, 0) is 6.54 Å². The average Bonchev–Trinajstić information content (AvgIpc) is 2.30. The molecule has 0 aromatic carbocycles. The molecule has 0 radical (unpaired) electrons. The van der Waals surface area contributed by atoms with Crippen molar-refractivity contribution < 1.29 is 0 Å². The third-order valence-electron chi connectivity index (χ3n) is 2.26. The Bertz CT molecular complexity index is 459. The van der Waals surface area contributed by atoms with E-state index in [9.17, 15) is 0 Å². The van der Waals surface area contributed by atoms with Crippen LogP contribution in [0.15, 0.2) is 42.7 Å². The van der Waals surface area contributed by atoms with Crippen LogP contribution < -0.4 is 4.90 Å². The Labute approximate surface area is 99.7 Å². The molecular formula is C12H12ClN3. The minimum Gasteiger partial charge on any atom is -0.355 e. The molecule has 0 spiro atoms. The third-order valence-corrected chi connectivity index (χ3v) is 2.47. The van der Waals surface area contributed by atoms with Gasteiger partial charge in [0.1, 0.15) is 11.0 Å². The van der Waals surface area contributed by atoms with Gasteiger partial charge < -0.3 is 4.90 Å². The van der Waals surface area contributed by atoms with E-state index in [1.165, 1.54) is 5.56 Å². The molecule has 2 aromatic rings. The molecule has 0 saturated heterocycles. The summed E-state index contributed by atoms with van der Waals surface area (Å²) in [6.45, 7) is 0.788. The zero-order valence-electron chi connectivity index (χ0n) is 8.97. The number of rotatable bonds is 3. The van der Waals surface area contributed by atoms with Gasteiger partial charge in [0.2, 0.25) is 0 Å². The normalized spacial score (nSPS) is 10.1. The van der Waals surface area contributed by atoms with E-state index >= 15 is 0 Å². The predicted octanol–water partition coefficient (Wildman–Crippen LogP) is 2.77. The number of hydrogen-bond acceptors (Lipinski definition) is 3. The summed E-state index contributed by atoms with van der Waals surface area (Å²) in [5.41, 5.74) is 1.19. The molecule has 16 heavy (non-hydrogen) atoms. The largest absolute Gasteiger partial charge is 0.355 e. The lowest BCUT2D eigenvalue weighted by Gasteiger charge is -2.18. The van der Waals surface area contributed by atoms with Gasteiger partial charge in [-0.1, -0.05) is 17.7 Å². The second-order valence-corrected chi connectivity index (χ2v) is 3.92. The fourth-order valence-electron chi connectivity index (χ4n) is 1.45. The summed E-state index contributed by atoms with van der Waals surface area (Å²) < 4.78 is 0. The van der Waals surface area contributed by atoms with Crippen molar-refractivity contribution in [2.75, 3.05) is 11.9 Å². The first-order chi connectivity index (χ1) is 7.75. The molecule has 82 valence electrons. The monoisotopic (exact) mass is 233 g/mol. The van der Waals surface area contributed by atoms with Crippen molar-refractivity contribution in [2.24, 2.45) is 0 Å². The predicted molar refractivity (Wildman–Crippen MR) is 65.6 cm³/mol. The van der Waals surface area contributed by atoms with Gasteiger partial charge in [-0.3, -0.25) is 4.98 Å². The van der Waals surface area contributed by atoms with E-state index in [2.05, 4.69) is 9.97 Å². The van der Waals surface area contributed by atoms with Gasteiger partial charge in [0.05, 0.1) is 0 Å². The lowest BCUT2D eigenvalue weighted by Crippen LogP contribution is -2.17. The Hall–Kier alpha value is -1.61. The number of aromatic nitrogens is 2. The average molecular weight is 234 g/mol. The van der Waals surface area contributed by atoms with Crippen LogP contribution in [0.1, 0.15) is 5.56 Å². The Morgan fingerprint density at radius 3 is 2.62 bits per heavy atom. The summed E-state index contributed by atoms with van der Waals surface area (Å²) in [5, 5.41) is 0.513. The van der Waals surface area contributed by atoms with Crippen molar-refractivity contribution >= 4 is 17.4 Å². The first kappa shape index (κ1) is 10.9. The fraction of sp³-hybridized carbons (Fsp3) is 0.167. The molecule has 0 atom stereocenters. The summed E-state index contributed by atoms with van der Waals surface area (Å²) in [7, 11) is 1.99. The Morgan fingerprint density at radius 2 is 1.94 bits per heavy atom. The molecule has 0 fully saturated rings. The van der Waals surface area contributed by atoms with E-state index in [4.69, 9.17) is 11.6 Å². The van der Waals surface area contributed by atoms with Gasteiger partial charge in [0, 0.05) is 26.0 Å². The minimum absolute atomic E-state index is 0.513. The molecule has 2 aromatic heterocycles. The lowest BCUT2D eigenvalue weighted by molar-refractivity contribution is 0.895. The highest BCUT2D eigenvalue weighted by atomic mass is 35.5. The lowest BCUT2D eigenvalue weighted by atomic mass is 10.2. The van der Waals surface area contributed by atoms with E-state index in [1.807, 2.05) is 36.2 Å². The van der Waals surface area contributed by atoms with Gasteiger partial charge in [-0.25, -0.2) is 4.98 Å². The summed E-state index contributed by atoms with van der Waals surface area (Å²) >= 11 is 5.84. The molecule has 0 bridgehead atoms. The molecule has 0 aliphatic rings. The highest BCUT2D eigenvalue weighted by Crippen LogP contribution is 2.15. The van der Waals surface area contributed by atoms with E-state index in [-0.39, 0.29) is 0 Å². The topological polar surface area (TPSA) is 29.0 Å². The van der Waals surface area contributed by atoms with Gasteiger partial charge in [-0.15, -0.1) is 0 Å². The second kappa shape index (κ2) is 4.94. The summed E-state index contributed by atoms with van der Waals surface area (Å²) in [6.07, 6.45) is 3.57. The molecule has 2 heterocycles. The number of halogens is 1. The number of anilines is 1. The third kappa shape index (κ3) is 2.70. The zero-order chi connectivity index (χ0) is 11.4. The van der Waals surface area contributed by atoms with Gasteiger partial charge in [-0.2, -0.15) is 0 Å². The minimum atomic E-state index is 0.513. The SMILES string of the molecule is CN(Cc1ccncc1)c1cccc(Cl)n1. The molecule has 4 heteroatoms. The highest BCUT2D eigenvalue weighted by molar-refractivity contribution is 6.29. The zero-order valence-corrected chi connectivity index (χ0v) is 9.72. The van der Waals surface area contributed by atoms with Gasteiger partial charge in [0.25, 0.3) is 0 Å². The van der Waals surface area contributed by atoms with Crippen LogP contribution in [-0.4, -0.2) is 17.0 Å². The number of nitrogens with zero attached hydrogens (tertiary/aromatic N) is 3. The number of pyridine rings is 2. The van der Waals surface area contributed by atoms with Gasteiger partial charge >= 0.3 is 0 Å². The molecule has 0 saturated carbocycles. The smallest absolute Gasteiger partial charge is 0.131 e. The van der Waals surface area contributed by atoms with Crippen molar-refractivity contribution in [1.29, 1.82) is 0 Å². The Kier molecular flexibility index (Phi) is 3.37. The maximum absolute atomic E-state index is 5.84. The van der Waals surface area contributed by atoms with Crippen LogP contribution in [0.5, 0.6) is 0 Å². The van der Waals surface area contributed by atoms with Crippen molar-refractivity contribution in [3.8, 4) is 0 Å². The van der Waals surface area contributed by atoms with Crippen LogP contribution in [0.3, 0.4) is 0 Å². The van der Waals surface area contributed by atoms with Gasteiger partial charge in [0.15, 0.2) is 0 Å². The Morgan fingerprint density at radius 1 is 1.19 bits per heavy atom. The van der Waals surface area contributed by atoms with Crippen molar-refractivity contribution in [1.82, 2.24) is 9.97 Å². The number of hydrogen-bond donors (Lipinski definition) is 0. The van der Waals surface area contributed by atoms with E-state index in [0.717, 1.165) is 12.4 Å². The quantitative estimate of drug-likeness (QED) is 0.764. The maximum atomic E-state index is 5.84. The van der Waals surface area contributed by atoms with Crippen LogP contribution in [0.2, 0.25) is 5.15 Å². The molecule has 2 rings (SSSR count). The van der Waals surface area contributed by atoms with Crippen molar-refractivity contribution in [3.05, 3.63) is 53.4 Å². The van der Waals surface area contributed by atoms with E-state index < -0.39 is 0 Å². The molecule has 0 amide bonds. The molecule has 0 aliphatic heterocycles. The highest BCUT2D eigenvalue weighted by Gasteiger charge is 2.03. The molecule has 3 nitrogen and oxygen atoms in total. The van der Waals surface area contributed by atoms with Gasteiger partial charge in [-0.05, 0) is 29.8 Å². The van der Waals surface area contributed by atoms with Crippen molar-refractivity contribution in [3.63, 3.8) is 0 Å². The van der Waals surface area contributed by atoms with Crippen LogP contribution in [0, 0.1) is 0 Å². The summed E-state index contributed by atoms with van der Waals surface area (Å²) in [4.78, 5) is 10.3.